The van der Waals surface area contributed by atoms with E-state index in [1.165, 1.54) is 0 Å². The van der Waals surface area contributed by atoms with E-state index in [0.29, 0.717) is 25.3 Å². The van der Waals surface area contributed by atoms with E-state index in [-0.39, 0.29) is 11.9 Å². The van der Waals surface area contributed by atoms with Gasteiger partial charge in [-0.15, -0.1) is 0 Å². The maximum Gasteiger partial charge on any atom is 0.328 e. The Morgan fingerprint density at radius 3 is 2.88 bits per heavy atom. The summed E-state index contributed by atoms with van der Waals surface area (Å²) in [6.45, 7) is 2.02. The fraction of sp³-hybridized carbons (Fsp3) is 0.304. The van der Waals surface area contributed by atoms with Crippen molar-refractivity contribution in [1.29, 1.82) is 0 Å². The monoisotopic (exact) mass is 474 g/mol. The van der Waals surface area contributed by atoms with Gasteiger partial charge in [-0.25, -0.2) is 9.78 Å². The summed E-state index contributed by atoms with van der Waals surface area (Å²) in [6, 6.07) is 10.9. The first-order chi connectivity index (χ1) is 16.7. The number of carbonyl (C=O) groups is 2. The van der Waals surface area contributed by atoms with Gasteiger partial charge in [-0.05, 0) is 48.7 Å². The number of nitrogens with one attached hydrogen (secondary N) is 2. The molecule has 6 rings (SSSR count). The summed E-state index contributed by atoms with van der Waals surface area (Å²) in [7, 11) is 0. The van der Waals surface area contributed by atoms with Gasteiger partial charge in [0.05, 0.1) is 29.1 Å². The Morgan fingerprint density at radius 1 is 1.09 bits per heavy atom. The number of nitrogens with zero attached hydrogens (tertiary/aromatic N) is 6. The van der Waals surface area contributed by atoms with Gasteiger partial charge >= 0.3 is 6.03 Å². The van der Waals surface area contributed by atoms with Crippen LogP contribution >= 0.6 is 11.7 Å². The molecule has 1 atom stereocenters. The number of benzene rings is 2. The average Bonchev–Trinajstić information content (AvgIpc) is 3.62. The van der Waals surface area contributed by atoms with Crippen molar-refractivity contribution >= 4 is 57.3 Å². The molecule has 11 heteroatoms. The molecule has 3 amide bonds. The highest BCUT2D eigenvalue weighted by Crippen LogP contribution is 2.34. The van der Waals surface area contributed by atoms with Crippen LogP contribution in [0.5, 0.6) is 0 Å². The number of anilines is 1. The van der Waals surface area contributed by atoms with Gasteiger partial charge in [0.2, 0.25) is 5.91 Å². The van der Waals surface area contributed by atoms with Crippen molar-refractivity contribution < 1.29 is 9.59 Å². The highest BCUT2D eigenvalue weighted by atomic mass is 32.1. The second-order valence-electron chi connectivity index (χ2n) is 8.42. The molecule has 0 spiro atoms. The zero-order chi connectivity index (χ0) is 23.1. The first kappa shape index (κ1) is 20.7. The minimum absolute atomic E-state index is 0.213. The van der Waals surface area contributed by atoms with Crippen molar-refractivity contribution in [3.8, 4) is 0 Å². The van der Waals surface area contributed by atoms with Crippen molar-refractivity contribution in [1.82, 2.24) is 28.9 Å². The van der Waals surface area contributed by atoms with Gasteiger partial charge in [-0.3, -0.25) is 20.0 Å². The van der Waals surface area contributed by atoms with Crippen LogP contribution in [0.2, 0.25) is 0 Å². The molecular weight excluding hydrogens is 452 g/mol. The molecule has 1 unspecified atom stereocenters. The molecule has 4 aromatic rings. The molecule has 2 aromatic heterocycles. The highest BCUT2D eigenvalue weighted by molar-refractivity contribution is 7.00. The number of likely N-dealkylation sites (tertiary alicyclic amines) is 1. The maximum absolute atomic E-state index is 13.2. The number of H-pyrrole nitrogens is 1. The van der Waals surface area contributed by atoms with Crippen molar-refractivity contribution in [3.05, 3.63) is 48.3 Å². The number of aromatic nitrogens is 4. The van der Waals surface area contributed by atoms with Gasteiger partial charge in [0.15, 0.2) is 0 Å². The number of aromatic amines is 1. The number of imidazole rings is 1. The van der Waals surface area contributed by atoms with Crippen LogP contribution in [-0.4, -0.2) is 61.0 Å². The van der Waals surface area contributed by atoms with Crippen LogP contribution in [-0.2, 0) is 4.79 Å². The summed E-state index contributed by atoms with van der Waals surface area (Å²) >= 11 is 1.16. The molecule has 0 saturated carbocycles. The smallest absolute Gasteiger partial charge is 0.328 e. The summed E-state index contributed by atoms with van der Waals surface area (Å²) in [5, 5.41) is 2.97. The van der Waals surface area contributed by atoms with E-state index in [4.69, 9.17) is 4.99 Å². The number of hydrogen-bond donors (Lipinski definition) is 2. The molecule has 2 saturated heterocycles. The SMILES string of the molecule is O=C1CCCN1CCC/N=C1/NC(=O)N(c2ccc3[nH]cnc3c2)C1c1ccc2nsnc2c1. The van der Waals surface area contributed by atoms with Gasteiger partial charge in [0.1, 0.15) is 22.9 Å². The fourth-order valence-electron chi connectivity index (χ4n) is 4.62. The molecule has 2 N–H and O–H groups in total. The maximum atomic E-state index is 13.2. The lowest BCUT2D eigenvalue weighted by atomic mass is 10.0. The van der Waals surface area contributed by atoms with Crippen molar-refractivity contribution in [3.63, 3.8) is 0 Å². The van der Waals surface area contributed by atoms with E-state index in [9.17, 15) is 9.59 Å². The lowest BCUT2D eigenvalue weighted by molar-refractivity contribution is -0.127. The Morgan fingerprint density at radius 2 is 2.00 bits per heavy atom. The zero-order valence-corrected chi connectivity index (χ0v) is 19.1. The zero-order valence-electron chi connectivity index (χ0n) is 18.3. The topological polar surface area (TPSA) is 119 Å². The van der Waals surface area contributed by atoms with E-state index in [1.807, 2.05) is 41.3 Å². The third kappa shape index (κ3) is 3.67. The van der Waals surface area contributed by atoms with E-state index in [0.717, 1.165) is 64.4 Å². The molecule has 0 aliphatic carbocycles. The molecule has 10 nitrogen and oxygen atoms in total. The molecular formula is C23H22N8O2S. The number of amides is 3. The Hall–Kier alpha value is -3.86. The Balaban J connectivity index is 1.33. The molecule has 172 valence electrons. The van der Waals surface area contributed by atoms with E-state index >= 15 is 0 Å². The predicted molar refractivity (Wildman–Crippen MR) is 130 cm³/mol. The van der Waals surface area contributed by atoms with Crippen LogP contribution in [0.15, 0.2) is 47.7 Å². The number of aliphatic imine (C=N–C) groups is 1. The summed E-state index contributed by atoms with van der Waals surface area (Å²) in [6.07, 6.45) is 3.94. The normalized spacial score (nSPS) is 19.8. The molecule has 2 aromatic carbocycles. The van der Waals surface area contributed by atoms with E-state index in [1.54, 1.807) is 11.2 Å². The van der Waals surface area contributed by atoms with Crippen molar-refractivity contribution in [2.45, 2.75) is 25.3 Å². The van der Waals surface area contributed by atoms with Gasteiger partial charge in [0, 0.05) is 31.7 Å². The quantitative estimate of drug-likeness (QED) is 0.416. The minimum Gasteiger partial charge on any atom is -0.345 e. The number of hydrogen-bond acceptors (Lipinski definition) is 7. The summed E-state index contributed by atoms with van der Waals surface area (Å²) in [4.78, 5) is 40.8. The highest BCUT2D eigenvalue weighted by Gasteiger charge is 2.39. The fourth-order valence-corrected chi connectivity index (χ4v) is 5.14. The second kappa shape index (κ2) is 8.49. The number of carbonyl (C=O) groups excluding carboxylic acids is 2. The lowest BCUT2D eigenvalue weighted by Gasteiger charge is -2.23. The average molecular weight is 475 g/mol. The number of amidine groups is 1. The summed E-state index contributed by atoms with van der Waals surface area (Å²) in [5.74, 6) is 0.798. The molecule has 2 fully saturated rings. The summed E-state index contributed by atoms with van der Waals surface area (Å²) in [5.41, 5.74) is 4.92. The largest absolute Gasteiger partial charge is 0.345 e. The molecule has 0 bridgehead atoms. The van der Waals surface area contributed by atoms with Gasteiger partial charge in [-0.2, -0.15) is 8.75 Å². The van der Waals surface area contributed by atoms with Crippen LogP contribution in [0.1, 0.15) is 30.9 Å². The predicted octanol–water partition coefficient (Wildman–Crippen LogP) is 3.25. The Kier molecular flexibility index (Phi) is 5.17. The summed E-state index contributed by atoms with van der Waals surface area (Å²) < 4.78 is 8.66. The van der Waals surface area contributed by atoms with E-state index < -0.39 is 6.04 Å². The molecule has 34 heavy (non-hydrogen) atoms. The Bertz CT molecular complexity index is 1430. The van der Waals surface area contributed by atoms with Crippen LogP contribution in [0.25, 0.3) is 22.1 Å². The lowest BCUT2D eigenvalue weighted by Crippen LogP contribution is -2.29. The van der Waals surface area contributed by atoms with Crippen LogP contribution in [0.3, 0.4) is 0 Å². The van der Waals surface area contributed by atoms with Crippen molar-refractivity contribution in [2.75, 3.05) is 24.5 Å². The molecule has 4 heterocycles. The van der Waals surface area contributed by atoms with Crippen molar-refractivity contribution in [2.24, 2.45) is 4.99 Å². The first-order valence-electron chi connectivity index (χ1n) is 11.2. The standard InChI is InChI=1S/C23H22N8O2S/c32-20-3-1-9-30(20)10-2-8-24-22-21(14-4-6-17-19(11-14)29-34-28-17)31(23(33)27-22)15-5-7-16-18(12-15)26-13-25-16/h4-7,11-13,21H,1-3,8-10H2,(H,25,26)(H,24,27,33). The van der Waals surface area contributed by atoms with Crippen LogP contribution < -0.4 is 10.2 Å². The number of fused-ring (bicyclic) bond motifs is 2. The molecule has 2 aliphatic rings. The van der Waals surface area contributed by atoms with Crippen LogP contribution in [0.4, 0.5) is 10.5 Å². The molecule has 0 radical (unpaired) electrons. The third-order valence-electron chi connectivity index (χ3n) is 6.29. The van der Waals surface area contributed by atoms with Gasteiger partial charge < -0.3 is 9.88 Å². The Labute approximate surface area is 199 Å². The van der Waals surface area contributed by atoms with Gasteiger partial charge in [-0.1, -0.05) is 6.07 Å². The number of rotatable bonds is 6. The van der Waals surface area contributed by atoms with Gasteiger partial charge in [0.25, 0.3) is 0 Å². The molecule has 2 aliphatic heterocycles. The number of urea groups is 1. The van der Waals surface area contributed by atoms with Crippen LogP contribution in [0, 0.1) is 0 Å². The first-order valence-corrected chi connectivity index (χ1v) is 12.0. The minimum atomic E-state index is -0.427. The third-order valence-corrected chi connectivity index (χ3v) is 6.84. The second-order valence-corrected chi connectivity index (χ2v) is 8.95. The van der Waals surface area contributed by atoms with E-state index in [2.05, 4.69) is 24.0 Å².